The first-order valence-corrected chi connectivity index (χ1v) is 8.34. The molecular weight excluding hydrogens is 324 g/mol. The molecule has 1 aromatic carbocycles. The van der Waals surface area contributed by atoms with Gasteiger partial charge in [0.15, 0.2) is 0 Å². The molecule has 0 saturated heterocycles. The summed E-state index contributed by atoms with van der Waals surface area (Å²) >= 11 is 1.55. The van der Waals surface area contributed by atoms with Gasteiger partial charge in [-0.3, -0.25) is 10.1 Å². The van der Waals surface area contributed by atoms with E-state index in [4.69, 9.17) is 0 Å². The van der Waals surface area contributed by atoms with Gasteiger partial charge in [-0.1, -0.05) is 6.07 Å². The molecule has 0 fully saturated rings. The van der Waals surface area contributed by atoms with Crippen LogP contribution in [0.15, 0.2) is 29.4 Å². The maximum absolute atomic E-state index is 11.2. The molecule has 1 aliphatic carbocycles. The third-order valence-electron chi connectivity index (χ3n) is 4.25. The molecule has 0 atom stereocenters. The monoisotopic (exact) mass is 336 g/mol. The second-order valence-corrected chi connectivity index (χ2v) is 6.69. The standard InChI is InChI=1S/C17H12N4O2S/c18-7-12-11-3-1-6-15(11)24-17(12)20-9-10-8-19-13-4-2-5-14(16(10)13)21(22)23/h2,4-5,8-9,19H,1,3,6H2. The third-order valence-corrected chi connectivity index (χ3v) is 5.45. The highest BCUT2D eigenvalue weighted by Gasteiger charge is 2.22. The van der Waals surface area contributed by atoms with Crippen molar-refractivity contribution in [2.75, 3.05) is 0 Å². The van der Waals surface area contributed by atoms with E-state index in [0.29, 0.717) is 27.0 Å². The lowest BCUT2D eigenvalue weighted by atomic mass is 10.1. The number of aliphatic imine (C=N–C) groups is 1. The fraction of sp³-hybridized carbons (Fsp3) is 0.176. The number of nitrogens with zero attached hydrogens (tertiary/aromatic N) is 3. The summed E-state index contributed by atoms with van der Waals surface area (Å²) in [6.07, 6.45) is 6.34. The second kappa shape index (κ2) is 5.58. The predicted octanol–water partition coefficient (Wildman–Crippen LogP) is 4.25. The van der Waals surface area contributed by atoms with E-state index in [2.05, 4.69) is 16.0 Å². The number of rotatable bonds is 3. The topological polar surface area (TPSA) is 95.1 Å². The van der Waals surface area contributed by atoms with Gasteiger partial charge in [0.2, 0.25) is 0 Å². The number of thiophene rings is 1. The molecule has 6 nitrogen and oxygen atoms in total. The van der Waals surface area contributed by atoms with Crippen LogP contribution >= 0.6 is 11.3 Å². The Morgan fingerprint density at radius 3 is 3.08 bits per heavy atom. The first-order valence-electron chi connectivity index (χ1n) is 7.52. The average molecular weight is 336 g/mol. The highest BCUT2D eigenvalue weighted by Crippen LogP contribution is 2.40. The molecule has 0 unspecified atom stereocenters. The molecule has 0 spiro atoms. The van der Waals surface area contributed by atoms with Gasteiger partial charge in [-0.2, -0.15) is 5.26 Å². The Balaban J connectivity index is 1.80. The van der Waals surface area contributed by atoms with E-state index in [-0.39, 0.29) is 5.69 Å². The Kier molecular flexibility index (Phi) is 3.40. The molecule has 24 heavy (non-hydrogen) atoms. The summed E-state index contributed by atoms with van der Waals surface area (Å²) in [6.45, 7) is 0. The van der Waals surface area contributed by atoms with Gasteiger partial charge < -0.3 is 4.98 Å². The van der Waals surface area contributed by atoms with Crippen LogP contribution < -0.4 is 0 Å². The molecule has 0 aliphatic heterocycles. The molecule has 118 valence electrons. The minimum absolute atomic E-state index is 0.0457. The molecule has 0 radical (unpaired) electrons. The van der Waals surface area contributed by atoms with Crippen LogP contribution in [-0.4, -0.2) is 16.1 Å². The largest absolute Gasteiger partial charge is 0.360 e. The number of fused-ring (bicyclic) bond motifs is 2. The van der Waals surface area contributed by atoms with Crippen LogP contribution in [0, 0.1) is 21.4 Å². The smallest absolute Gasteiger partial charge is 0.279 e. The number of aromatic amines is 1. The van der Waals surface area contributed by atoms with Crippen molar-refractivity contribution in [1.29, 1.82) is 5.26 Å². The molecule has 0 saturated carbocycles. The number of hydrogen-bond acceptors (Lipinski definition) is 5. The van der Waals surface area contributed by atoms with Crippen molar-refractivity contribution in [3.05, 3.63) is 56.1 Å². The van der Waals surface area contributed by atoms with Crippen LogP contribution in [0.5, 0.6) is 0 Å². The van der Waals surface area contributed by atoms with Crippen molar-refractivity contribution in [2.45, 2.75) is 19.3 Å². The van der Waals surface area contributed by atoms with Crippen molar-refractivity contribution in [2.24, 2.45) is 4.99 Å². The van der Waals surface area contributed by atoms with Crippen LogP contribution in [0.25, 0.3) is 10.9 Å². The van der Waals surface area contributed by atoms with Crippen molar-refractivity contribution >= 4 is 39.1 Å². The Bertz CT molecular complexity index is 1040. The van der Waals surface area contributed by atoms with E-state index in [1.54, 1.807) is 35.9 Å². The third kappa shape index (κ3) is 2.20. The first-order chi connectivity index (χ1) is 11.7. The summed E-state index contributed by atoms with van der Waals surface area (Å²) in [6, 6.07) is 7.17. The molecule has 1 N–H and O–H groups in total. The highest BCUT2D eigenvalue weighted by molar-refractivity contribution is 7.16. The first kappa shape index (κ1) is 14.6. The summed E-state index contributed by atoms with van der Waals surface area (Å²) in [4.78, 5) is 19.6. The van der Waals surface area contributed by atoms with Gasteiger partial charge in [-0.25, -0.2) is 4.99 Å². The molecule has 0 amide bonds. The van der Waals surface area contributed by atoms with Gasteiger partial charge in [0.1, 0.15) is 11.1 Å². The van der Waals surface area contributed by atoms with Crippen molar-refractivity contribution in [1.82, 2.24) is 4.98 Å². The van der Waals surface area contributed by atoms with Crippen LogP contribution in [0.1, 0.15) is 28.0 Å². The second-order valence-electron chi connectivity index (χ2n) is 5.61. The molecule has 3 aromatic rings. The lowest BCUT2D eigenvalue weighted by molar-refractivity contribution is -0.383. The number of hydrogen-bond donors (Lipinski definition) is 1. The van der Waals surface area contributed by atoms with Gasteiger partial charge in [0, 0.05) is 28.9 Å². The molecule has 4 rings (SSSR count). The zero-order chi connectivity index (χ0) is 16.7. The number of nitriles is 1. The van der Waals surface area contributed by atoms with Crippen LogP contribution in [-0.2, 0) is 12.8 Å². The Morgan fingerprint density at radius 1 is 1.42 bits per heavy atom. The Hall–Kier alpha value is -2.98. The summed E-state index contributed by atoms with van der Waals surface area (Å²) in [5.41, 5.74) is 3.16. The van der Waals surface area contributed by atoms with E-state index in [0.717, 1.165) is 24.8 Å². The Labute approximate surface area is 141 Å². The van der Waals surface area contributed by atoms with E-state index in [9.17, 15) is 15.4 Å². The SMILES string of the molecule is N#Cc1c(N=Cc2c[nH]c3cccc([N+](=O)[O-])c23)sc2c1CCC2. The van der Waals surface area contributed by atoms with E-state index in [1.807, 2.05) is 0 Å². The maximum atomic E-state index is 11.2. The zero-order valence-electron chi connectivity index (χ0n) is 12.6. The fourth-order valence-electron chi connectivity index (χ4n) is 3.17. The number of non-ortho nitro benzene ring substituents is 1. The summed E-state index contributed by atoms with van der Waals surface area (Å²) in [7, 11) is 0. The van der Waals surface area contributed by atoms with Gasteiger partial charge >= 0.3 is 0 Å². The molecule has 7 heteroatoms. The summed E-state index contributed by atoms with van der Waals surface area (Å²) < 4.78 is 0. The highest BCUT2D eigenvalue weighted by atomic mass is 32.1. The zero-order valence-corrected chi connectivity index (χ0v) is 13.4. The number of nitro groups is 1. The lowest BCUT2D eigenvalue weighted by Crippen LogP contribution is -1.90. The number of aryl methyl sites for hydroxylation is 1. The summed E-state index contributed by atoms with van der Waals surface area (Å²) in [5, 5.41) is 21.9. The number of benzene rings is 1. The van der Waals surface area contributed by atoms with Crippen LogP contribution in [0.2, 0.25) is 0 Å². The van der Waals surface area contributed by atoms with Crippen LogP contribution in [0.4, 0.5) is 10.7 Å². The number of H-pyrrole nitrogens is 1. The fourth-order valence-corrected chi connectivity index (χ4v) is 4.35. The normalized spacial score (nSPS) is 13.5. The van der Waals surface area contributed by atoms with Crippen molar-refractivity contribution in [3.8, 4) is 6.07 Å². The quantitative estimate of drug-likeness (QED) is 0.440. The van der Waals surface area contributed by atoms with Crippen molar-refractivity contribution in [3.63, 3.8) is 0 Å². The van der Waals surface area contributed by atoms with Gasteiger partial charge in [-0.05, 0) is 30.9 Å². The molecule has 2 heterocycles. The van der Waals surface area contributed by atoms with Crippen LogP contribution in [0.3, 0.4) is 0 Å². The molecule has 0 bridgehead atoms. The number of nitrogens with one attached hydrogen (secondary N) is 1. The maximum Gasteiger partial charge on any atom is 0.279 e. The Morgan fingerprint density at radius 2 is 2.29 bits per heavy atom. The minimum atomic E-state index is -0.395. The molecule has 1 aliphatic rings. The van der Waals surface area contributed by atoms with E-state index >= 15 is 0 Å². The van der Waals surface area contributed by atoms with Crippen molar-refractivity contribution < 1.29 is 4.92 Å². The minimum Gasteiger partial charge on any atom is -0.360 e. The van der Waals surface area contributed by atoms with Gasteiger partial charge in [-0.15, -0.1) is 11.3 Å². The molecular formula is C17H12N4O2S. The van der Waals surface area contributed by atoms with E-state index in [1.165, 1.54) is 10.9 Å². The summed E-state index contributed by atoms with van der Waals surface area (Å²) in [5.74, 6) is 0. The molecule has 2 aromatic heterocycles. The van der Waals surface area contributed by atoms with E-state index < -0.39 is 4.92 Å². The lowest BCUT2D eigenvalue weighted by Gasteiger charge is -1.96. The predicted molar refractivity (Wildman–Crippen MR) is 93.3 cm³/mol. The average Bonchev–Trinajstić information content (AvgIpc) is 3.26. The number of nitro benzene ring substituents is 1. The van der Waals surface area contributed by atoms with Gasteiger partial charge in [0.05, 0.1) is 21.4 Å². The van der Waals surface area contributed by atoms with Gasteiger partial charge in [0.25, 0.3) is 5.69 Å². The number of aromatic nitrogens is 1.